The minimum Gasteiger partial charge on any atom is -0.480 e. The lowest BCUT2D eigenvalue weighted by atomic mass is 10.1. The summed E-state index contributed by atoms with van der Waals surface area (Å²) < 4.78 is 10.3. The SMILES string of the molecule is CNC(=O)CCC(C=O)N1Cc2c(SCCOCCOCC(=O)O)cccc2C1=O. The van der Waals surface area contributed by atoms with Gasteiger partial charge in [0.15, 0.2) is 0 Å². The molecule has 2 amide bonds. The molecule has 0 bridgehead atoms. The third-order valence-corrected chi connectivity index (χ3v) is 5.60. The molecule has 0 aliphatic carbocycles. The van der Waals surface area contributed by atoms with Crippen molar-refractivity contribution in [2.24, 2.45) is 0 Å². The van der Waals surface area contributed by atoms with Crippen molar-refractivity contribution in [3.05, 3.63) is 29.3 Å². The number of fused-ring (bicyclic) bond motifs is 1. The van der Waals surface area contributed by atoms with Gasteiger partial charge in [0.05, 0.1) is 25.9 Å². The van der Waals surface area contributed by atoms with Gasteiger partial charge in [-0.2, -0.15) is 0 Å². The highest BCUT2D eigenvalue weighted by Crippen LogP contribution is 2.33. The van der Waals surface area contributed by atoms with Gasteiger partial charge >= 0.3 is 5.97 Å². The van der Waals surface area contributed by atoms with Gasteiger partial charge in [0.1, 0.15) is 12.9 Å². The van der Waals surface area contributed by atoms with Gasteiger partial charge in [0.25, 0.3) is 5.91 Å². The zero-order valence-corrected chi connectivity index (χ0v) is 17.6. The first-order valence-electron chi connectivity index (χ1n) is 9.56. The second-order valence-electron chi connectivity index (χ2n) is 6.54. The molecule has 0 radical (unpaired) electrons. The van der Waals surface area contributed by atoms with Crippen LogP contribution in [0.1, 0.15) is 28.8 Å². The Balaban J connectivity index is 1.86. The molecule has 1 heterocycles. The Morgan fingerprint density at radius 1 is 1.30 bits per heavy atom. The number of thioether (sulfide) groups is 1. The van der Waals surface area contributed by atoms with E-state index in [1.165, 1.54) is 11.9 Å². The van der Waals surface area contributed by atoms with E-state index in [4.69, 9.17) is 14.6 Å². The number of carboxylic acids is 1. The van der Waals surface area contributed by atoms with Crippen molar-refractivity contribution in [3.8, 4) is 0 Å². The average Bonchev–Trinajstić information content (AvgIpc) is 3.07. The predicted molar refractivity (Wildman–Crippen MR) is 109 cm³/mol. The van der Waals surface area contributed by atoms with E-state index in [0.29, 0.717) is 31.1 Å². The average molecular weight is 439 g/mol. The molecule has 0 saturated carbocycles. The number of ether oxygens (including phenoxy) is 2. The number of hydrogen-bond acceptors (Lipinski definition) is 7. The minimum atomic E-state index is -1.02. The Hall–Kier alpha value is -2.43. The van der Waals surface area contributed by atoms with Crippen LogP contribution in [-0.2, 0) is 30.4 Å². The standard InChI is InChI=1S/C20H26N2O7S/c1-21-18(24)6-5-14(12-23)22-11-16-15(20(22)27)3-2-4-17(16)30-10-9-28-7-8-29-13-19(25)26/h2-4,12,14H,5-11,13H2,1H3,(H,21,24)(H,25,26). The molecule has 0 saturated heterocycles. The molecule has 1 aromatic rings. The Morgan fingerprint density at radius 2 is 2.07 bits per heavy atom. The number of carbonyl (C=O) groups is 4. The monoisotopic (exact) mass is 438 g/mol. The van der Waals surface area contributed by atoms with Crippen LogP contribution >= 0.6 is 11.8 Å². The molecule has 164 valence electrons. The summed E-state index contributed by atoms with van der Waals surface area (Å²) in [5, 5.41) is 11.0. The molecule has 2 N–H and O–H groups in total. The summed E-state index contributed by atoms with van der Waals surface area (Å²) in [5.41, 5.74) is 1.46. The first kappa shape index (κ1) is 23.8. The molecule has 30 heavy (non-hydrogen) atoms. The van der Waals surface area contributed by atoms with E-state index in [0.717, 1.165) is 16.7 Å². The highest BCUT2D eigenvalue weighted by molar-refractivity contribution is 7.99. The second kappa shape index (κ2) is 12.3. The van der Waals surface area contributed by atoms with Crippen LogP contribution < -0.4 is 5.32 Å². The molecule has 0 fully saturated rings. The van der Waals surface area contributed by atoms with Crippen LogP contribution in [0.4, 0.5) is 0 Å². The lowest BCUT2D eigenvalue weighted by molar-refractivity contribution is -0.142. The lowest BCUT2D eigenvalue weighted by Crippen LogP contribution is -2.37. The number of benzene rings is 1. The van der Waals surface area contributed by atoms with Crippen molar-refractivity contribution >= 4 is 35.8 Å². The topological polar surface area (TPSA) is 122 Å². The number of rotatable bonds is 14. The van der Waals surface area contributed by atoms with Gasteiger partial charge in [0, 0.05) is 36.2 Å². The van der Waals surface area contributed by atoms with Crippen molar-refractivity contribution in [3.63, 3.8) is 0 Å². The van der Waals surface area contributed by atoms with Crippen LogP contribution in [0.15, 0.2) is 23.1 Å². The van der Waals surface area contributed by atoms with Gasteiger partial charge in [-0.15, -0.1) is 11.8 Å². The smallest absolute Gasteiger partial charge is 0.329 e. The molecule has 1 atom stereocenters. The highest BCUT2D eigenvalue weighted by Gasteiger charge is 2.34. The first-order chi connectivity index (χ1) is 14.5. The van der Waals surface area contributed by atoms with Crippen LogP contribution in [0.5, 0.6) is 0 Å². The van der Waals surface area contributed by atoms with Crippen molar-refractivity contribution < 1.29 is 33.8 Å². The van der Waals surface area contributed by atoms with Gasteiger partial charge < -0.3 is 29.6 Å². The van der Waals surface area contributed by atoms with E-state index in [-0.39, 0.29) is 37.9 Å². The van der Waals surface area contributed by atoms with Gasteiger partial charge in [-0.3, -0.25) is 9.59 Å². The zero-order chi connectivity index (χ0) is 21.9. The number of aliphatic carboxylic acids is 1. The first-order valence-corrected chi connectivity index (χ1v) is 10.5. The maximum atomic E-state index is 12.8. The molecule has 10 heteroatoms. The highest BCUT2D eigenvalue weighted by atomic mass is 32.2. The van der Waals surface area contributed by atoms with Gasteiger partial charge in [-0.1, -0.05) is 6.07 Å². The number of carbonyl (C=O) groups excluding carboxylic acids is 3. The third kappa shape index (κ3) is 6.82. The fraction of sp³-hybridized carbons (Fsp3) is 0.500. The summed E-state index contributed by atoms with van der Waals surface area (Å²) in [6.07, 6.45) is 1.18. The second-order valence-corrected chi connectivity index (χ2v) is 7.67. The molecule has 0 aromatic heterocycles. The van der Waals surface area contributed by atoms with E-state index < -0.39 is 12.0 Å². The molecular formula is C20H26N2O7S. The normalized spacial score (nSPS) is 13.8. The largest absolute Gasteiger partial charge is 0.480 e. The molecule has 1 aliphatic rings. The molecule has 1 aromatic carbocycles. The molecule has 0 spiro atoms. The zero-order valence-electron chi connectivity index (χ0n) is 16.8. The van der Waals surface area contributed by atoms with Crippen LogP contribution in [-0.4, -0.2) is 79.3 Å². The maximum Gasteiger partial charge on any atom is 0.329 e. The predicted octanol–water partition coefficient (Wildman–Crippen LogP) is 0.946. The summed E-state index contributed by atoms with van der Waals surface area (Å²) in [4.78, 5) is 48.6. The van der Waals surface area contributed by atoms with Crippen LogP contribution in [0.25, 0.3) is 0 Å². The molecule has 1 aliphatic heterocycles. The van der Waals surface area contributed by atoms with E-state index in [9.17, 15) is 19.2 Å². The summed E-state index contributed by atoms with van der Waals surface area (Å²) in [7, 11) is 1.53. The maximum absolute atomic E-state index is 12.8. The molecule has 9 nitrogen and oxygen atoms in total. The van der Waals surface area contributed by atoms with Crippen molar-refractivity contribution in [1.29, 1.82) is 0 Å². The van der Waals surface area contributed by atoms with E-state index in [1.807, 2.05) is 12.1 Å². The quantitative estimate of drug-likeness (QED) is 0.250. The van der Waals surface area contributed by atoms with Gasteiger partial charge in [-0.05, 0) is 24.1 Å². The summed E-state index contributed by atoms with van der Waals surface area (Å²) in [6.45, 7) is 0.956. The Bertz CT molecular complexity index is 772. The van der Waals surface area contributed by atoms with Crippen LogP contribution in [0, 0.1) is 0 Å². The van der Waals surface area contributed by atoms with Crippen LogP contribution in [0.3, 0.4) is 0 Å². The van der Waals surface area contributed by atoms with Crippen molar-refractivity contribution in [2.75, 3.05) is 39.2 Å². The number of nitrogens with zero attached hydrogens (tertiary/aromatic N) is 1. The summed E-state index contributed by atoms with van der Waals surface area (Å²) in [5.74, 6) is -0.737. The lowest BCUT2D eigenvalue weighted by Gasteiger charge is -2.22. The number of hydrogen-bond donors (Lipinski definition) is 2. The number of carboxylic acid groups (broad SMARTS) is 1. The minimum absolute atomic E-state index is 0.171. The number of amides is 2. The molecule has 1 unspecified atom stereocenters. The van der Waals surface area contributed by atoms with E-state index >= 15 is 0 Å². The fourth-order valence-corrected chi connectivity index (χ4v) is 3.96. The Morgan fingerprint density at radius 3 is 2.77 bits per heavy atom. The van der Waals surface area contributed by atoms with Crippen molar-refractivity contribution in [2.45, 2.75) is 30.3 Å². The fourth-order valence-electron chi connectivity index (χ4n) is 3.02. The number of nitrogens with one attached hydrogen (secondary N) is 1. The Kier molecular flexibility index (Phi) is 9.78. The summed E-state index contributed by atoms with van der Waals surface area (Å²) in [6, 6.07) is 4.84. The molecular weight excluding hydrogens is 412 g/mol. The van der Waals surface area contributed by atoms with E-state index in [1.54, 1.807) is 17.8 Å². The third-order valence-electron chi connectivity index (χ3n) is 4.54. The van der Waals surface area contributed by atoms with Gasteiger partial charge in [-0.25, -0.2) is 4.79 Å². The van der Waals surface area contributed by atoms with Crippen molar-refractivity contribution in [1.82, 2.24) is 10.2 Å². The summed E-state index contributed by atoms with van der Waals surface area (Å²) >= 11 is 1.55. The van der Waals surface area contributed by atoms with Gasteiger partial charge in [0.2, 0.25) is 5.91 Å². The van der Waals surface area contributed by atoms with Crippen LogP contribution in [0.2, 0.25) is 0 Å². The molecule has 2 rings (SSSR count). The Labute approximate surface area is 179 Å². The number of aldehydes is 1. The van der Waals surface area contributed by atoms with E-state index in [2.05, 4.69) is 5.32 Å².